The second kappa shape index (κ2) is 7.61. The molecule has 0 aromatic heterocycles. The third-order valence-electron chi connectivity index (χ3n) is 2.62. The highest BCUT2D eigenvalue weighted by Crippen LogP contribution is 2.23. The Morgan fingerprint density at radius 2 is 2.20 bits per heavy atom. The molecule has 1 aromatic carbocycles. The van der Waals surface area contributed by atoms with Crippen LogP contribution in [0.15, 0.2) is 23.1 Å². The summed E-state index contributed by atoms with van der Waals surface area (Å²) in [5, 5.41) is 0.148. The molecule has 0 saturated heterocycles. The van der Waals surface area contributed by atoms with Crippen molar-refractivity contribution in [1.82, 2.24) is 4.72 Å². The van der Waals surface area contributed by atoms with Gasteiger partial charge in [0.05, 0.1) is 5.02 Å². The predicted octanol–water partition coefficient (Wildman–Crippen LogP) is 2.39. The van der Waals surface area contributed by atoms with Gasteiger partial charge >= 0.3 is 0 Å². The van der Waals surface area contributed by atoms with Gasteiger partial charge in [-0.25, -0.2) is 13.1 Å². The van der Waals surface area contributed by atoms with Crippen LogP contribution in [0.1, 0.15) is 18.9 Å². The molecule has 0 bridgehead atoms. The molecule has 0 amide bonds. The van der Waals surface area contributed by atoms with Crippen molar-refractivity contribution in [1.29, 1.82) is 0 Å². The van der Waals surface area contributed by atoms with Gasteiger partial charge in [-0.05, 0) is 37.5 Å². The standard InChI is InChI=1S/C12H17ClN2O2S3/c1-8(5-6-19-2)15-20(16,17)11-7-9(12(14)18)3-4-10(11)13/h3-4,7-8,15H,5-6H2,1-2H3,(H2,14,18). The largest absolute Gasteiger partial charge is 0.389 e. The van der Waals surface area contributed by atoms with E-state index in [0.717, 1.165) is 12.2 Å². The van der Waals surface area contributed by atoms with E-state index in [1.54, 1.807) is 17.8 Å². The molecule has 1 atom stereocenters. The third-order valence-corrected chi connectivity index (χ3v) is 5.57. The summed E-state index contributed by atoms with van der Waals surface area (Å²) in [6.45, 7) is 1.82. The summed E-state index contributed by atoms with van der Waals surface area (Å²) in [6, 6.07) is 4.31. The van der Waals surface area contributed by atoms with Gasteiger partial charge in [-0.2, -0.15) is 11.8 Å². The molecule has 4 nitrogen and oxygen atoms in total. The molecule has 0 radical (unpaired) electrons. The SMILES string of the molecule is CSCCC(C)NS(=O)(=O)c1cc(C(N)=S)ccc1Cl. The average molecular weight is 353 g/mol. The number of thioether (sulfide) groups is 1. The summed E-state index contributed by atoms with van der Waals surface area (Å²) in [6.07, 6.45) is 2.72. The number of rotatable bonds is 7. The fraction of sp³-hybridized carbons (Fsp3) is 0.417. The Labute approximate surface area is 134 Å². The number of nitrogens with one attached hydrogen (secondary N) is 1. The fourth-order valence-corrected chi connectivity index (χ4v) is 4.06. The Balaban J connectivity index is 3.03. The van der Waals surface area contributed by atoms with Gasteiger partial charge in [0.2, 0.25) is 10.0 Å². The zero-order chi connectivity index (χ0) is 15.3. The molecular weight excluding hydrogens is 336 g/mol. The molecule has 20 heavy (non-hydrogen) atoms. The molecule has 0 heterocycles. The highest BCUT2D eigenvalue weighted by atomic mass is 35.5. The molecule has 0 fully saturated rings. The van der Waals surface area contributed by atoms with Crippen molar-refractivity contribution in [2.75, 3.05) is 12.0 Å². The lowest BCUT2D eigenvalue weighted by molar-refractivity contribution is 0.557. The fourth-order valence-electron chi connectivity index (χ4n) is 1.54. The summed E-state index contributed by atoms with van der Waals surface area (Å²) >= 11 is 12.5. The number of nitrogens with two attached hydrogens (primary N) is 1. The van der Waals surface area contributed by atoms with E-state index in [9.17, 15) is 8.42 Å². The van der Waals surface area contributed by atoms with Crippen molar-refractivity contribution >= 4 is 50.6 Å². The number of benzene rings is 1. The van der Waals surface area contributed by atoms with Crippen LogP contribution in [-0.4, -0.2) is 31.5 Å². The highest BCUT2D eigenvalue weighted by Gasteiger charge is 2.21. The van der Waals surface area contributed by atoms with Gasteiger partial charge in [0.1, 0.15) is 9.88 Å². The normalized spacial score (nSPS) is 13.2. The van der Waals surface area contributed by atoms with Crippen molar-refractivity contribution in [2.45, 2.75) is 24.3 Å². The van der Waals surface area contributed by atoms with Crippen molar-refractivity contribution in [2.24, 2.45) is 5.73 Å². The number of hydrogen-bond donors (Lipinski definition) is 2. The van der Waals surface area contributed by atoms with Crippen LogP contribution in [0.4, 0.5) is 0 Å². The number of halogens is 1. The average Bonchev–Trinajstić information content (AvgIpc) is 2.35. The van der Waals surface area contributed by atoms with E-state index in [2.05, 4.69) is 4.72 Å². The maximum absolute atomic E-state index is 12.3. The van der Waals surface area contributed by atoms with E-state index in [1.807, 2.05) is 13.2 Å². The van der Waals surface area contributed by atoms with E-state index >= 15 is 0 Å². The number of thiocarbonyl (C=S) groups is 1. The molecule has 1 unspecified atom stereocenters. The summed E-state index contributed by atoms with van der Waals surface area (Å²) in [4.78, 5) is 0.133. The highest BCUT2D eigenvalue weighted by molar-refractivity contribution is 7.98. The van der Waals surface area contributed by atoms with Crippen LogP contribution in [0.5, 0.6) is 0 Å². The van der Waals surface area contributed by atoms with E-state index < -0.39 is 10.0 Å². The van der Waals surface area contributed by atoms with Crippen molar-refractivity contribution < 1.29 is 8.42 Å². The van der Waals surface area contributed by atoms with Crippen LogP contribution < -0.4 is 10.5 Å². The van der Waals surface area contributed by atoms with E-state index in [1.165, 1.54) is 12.1 Å². The summed E-state index contributed by atoms with van der Waals surface area (Å²) in [5.74, 6) is 0.879. The van der Waals surface area contributed by atoms with Gasteiger partial charge in [0.15, 0.2) is 0 Å². The van der Waals surface area contributed by atoms with Crippen LogP contribution in [0, 0.1) is 0 Å². The van der Waals surface area contributed by atoms with E-state index in [-0.39, 0.29) is 20.9 Å². The lowest BCUT2D eigenvalue weighted by atomic mass is 10.2. The Morgan fingerprint density at radius 1 is 1.55 bits per heavy atom. The van der Waals surface area contributed by atoms with Crippen LogP contribution in [0.3, 0.4) is 0 Å². The number of sulfonamides is 1. The van der Waals surface area contributed by atoms with Gasteiger partial charge in [-0.15, -0.1) is 0 Å². The Kier molecular flexibility index (Phi) is 6.74. The molecule has 8 heteroatoms. The quantitative estimate of drug-likeness (QED) is 0.737. The minimum Gasteiger partial charge on any atom is -0.389 e. The molecule has 0 aliphatic rings. The first-order valence-electron chi connectivity index (χ1n) is 5.88. The Hall–Kier alpha value is -0.340. The molecule has 1 aromatic rings. The lowest BCUT2D eigenvalue weighted by Gasteiger charge is -2.15. The Morgan fingerprint density at radius 3 is 2.75 bits per heavy atom. The maximum Gasteiger partial charge on any atom is 0.242 e. The monoisotopic (exact) mass is 352 g/mol. The van der Waals surface area contributed by atoms with E-state index in [4.69, 9.17) is 29.6 Å². The van der Waals surface area contributed by atoms with Gasteiger partial charge in [-0.3, -0.25) is 0 Å². The van der Waals surface area contributed by atoms with Crippen LogP contribution in [-0.2, 0) is 10.0 Å². The number of hydrogen-bond acceptors (Lipinski definition) is 4. The molecule has 0 saturated carbocycles. The van der Waals surface area contributed by atoms with Crippen molar-refractivity contribution in [3.8, 4) is 0 Å². The Bertz CT molecular complexity index is 590. The topological polar surface area (TPSA) is 72.2 Å². The molecule has 0 aliphatic heterocycles. The van der Waals surface area contributed by atoms with Crippen LogP contribution in [0.25, 0.3) is 0 Å². The molecule has 0 aliphatic carbocycles. The summed E-state index contributed by atoms with van der Waals surface area (Å²) < 4.78 is 27.2. The first-order chi connectivity index (χ1) is 9.27. The third kappa shape index (κ3) is 4.89. The zero-order valence-electron chi connectivity index (χ0n) is 11.2. The smallest absolute Gasteiger partial charge is 0.242 e. The molecular formula is C12H17ClN2O2S3. The van der Waals surface area contributed by atoms with Crippen LogP contribution >= 0.6 is 35.6 Å². The first-order valence-corrected chi connectivity index (χ1v) is 9.55. The molecule has 112 valence electrons. The van der Waals surface area contributed by atoms with Crippen molar-refractivity contribution in [3.05, 3.63) is 28.8 Å². The lowest BCUT2D eigenvalue weighted by Crippen LogP contribution is -2.33. The maximum atomic E-state index is 12.3. The molecule has 1 rings (SSSR count). The van der Waals surface area contributed by atoms with E-state index in [0.29, 0.717) is 5.56 Å². The molecule has 3 N–H and O–H groups in total. The van der Waals surface area contributed by atoms with Crippen molar-refractivity contribution in [3.63, 3.8) is 0 Å². The zero-order valence-corrected chi connectivity index (χ0v) is 14.4. The minimum absolute atomic E-state index is 0.000434. The second-order valence-electron chi connectivity index (χ2n) is 4.31. The van der Waals surface area contributed by atoms with Crippen LogP contribution in [0.2, 0.25) is 5.02 Å². The second-order valence-corrected chi connectivity index (χ2v) is 7.83. The molecule has 0 spiro atoms. The van der Waals surface area contributed by atoms with Gasteiger partial charge in [0.25, 0.3) is 0 Å². The van der Waals surface area contributed by atoms with Gasteiger partial charge in [-0.1, -0.05) is 29.9 Å². The van der Waals surface area contributed by atoms with Gasteiger partial charge < -0.3 is 5.73 Å². The predicted molar refractivity (Wildman–Crippen MR) is 90.1 cm³/mol. The minimum atomic E-state index is -3.68. The van der Waals surface area contributed by atoms with Gasteiger partial charge in [0, 0.05) is 11.6 Å². The summed E-state index contributed by atoms with van der Waals surface area (Å²) in [7, 11) is -3.68. The summed E-state index contributed by atoms with van der Waals surface area (Å²) in [5.41, 5.74) is 5.99. The first kappa shape index (κ1) is 17.7.